The molecule has 3 N–H and O–H groups in total. The standard InChI is InChI=1S/C16H26N2O/c1-3-10-19-15-11-13(6-7-14(15)17)18-12-16(2)8-4-5-9-16/h6-7,11,18H,3-5,8-10,12,17H2,1-2H3. The predicted molar refractivity (Wildman–Crippen MR) is 81.7 cm³/mol. The Morgan fingerprint density at radius 2 is 2.05 bits per heavy atom. The summed E-state index contributed by atoms with van der Waals surface area (Å²) in [7, 11) is 0. The molecule has 3 heteroatoms. The number of benzene rings is 1. The van der Waals surface area contributed by atoms with Gasteiger partial charge in [-0.2, -0.15) is 0 Å². The molecule has 1 aromatic rings. The quantitative estimate of drug-likeness (QED) is 0.760. The van der Waals surface area contributed by atoms with Crippen molar-refractivity contribution < 1.29 is 4.74 Å². The molecular formula is C16H26N2O. The molecule has 0 atom stereocenters. The molecule has 1 fully saturated rings. The van der Waals surface area contributed by atoms with Crippen LogP contribution in [-0.4, -0.2) is 13.2 Å². The van der Waals surface area contributed by atoms with Crippen LogP contribution >= 0.6 is 0 Å². The smallest absolute Gasteiger partial charge is 0.144 e. The molecule has 0 aromatic heterocycles. The molecule has 3 nitrogen and oxygen atoms in total. The fourth-order valence-electron chi connectivity index (χ4n) is 2.70. The molecule has 1 saturated carbocycles. The highest BCUT2D eigenvalue weighted by Gasteiger charge is 2.28. The van der Waals surface area contributed by atoms with Crippen LogP contribution in [0.4, 0.5) is 11.4 Å². The molecule has 0 amide bonds. The van der Waals surface area contributed by atoms with Gasteiger partial charge in [-0.05, 0) is 36.8 Å². The normalized spacial score (nSPS) is 17.4. The summed E-state index contributed by atoms with van der Waals surface area (Å²) in [6.45, 7) is 6.22. The SMILES string of the molecule is CCCOc1cc(NCC2(C)CCCC2)ccc1N. The average Bonchev–Trinajstić information content (AvgIpc) is 2.84. The van der Waals surface area contributed by atoms with Gasteiger partial charge in [-0.3, -0.25) is 0 Å². The summed E-state index contributed by atoms with van der Waals surface area (Å²) in [6, 6.07) is 5.97. The molecule has 1 aliphatic carbocycles. The van der Waals surface area contributed by atoms with Crippen LogP contribution in [0.5, 0.6) is 5.75 Å². The first kappa shape index (κ1) is 14.0. The summed E-state index contributed by atoms with van der Waals surface area (Å²) in [6.07, 6.45) is 6.38. The van der Waals surface area contributed by atoms with Crippen LogP contribution in [0.1, 0.15) is 46.0 Å². The minimum atomic E-state index is 0.450. The van der Waals surface area contributed by atoms with E-state index in [1.54, 1.807) is 0 Å². The zero-order chi connectivity index (χ0) is 13.7. The van der Waals surface area contributed by atoms with Crippen molar-refractivity contribution in [2.75, 3.05) is 24.2 Å². The van der Waals surface area contributed by atoms with Gasteiger partial charge in [0.2, 0.25) is 0 Å². The van der Waals surface area contributed by atoms with Crippen LogP contribution in [-0.2, 0) is 0 Å². The first-order valence-corrected chi connectivity index (χ1v) is 7.39. The van der Waals surface area contributed by atoms with Gasteiger partial charge in [0.05, 0.1) is 12.3 Å². The second-order valence-corrected chi connectivity index (χ2v) is 5.97. The summed E-state index contributed by atoms with van der Waals surface area (Å²) in [5.74, 6) is 0.795. The van der Waals surface area contributed by atoms with Gasteiger partial charge in [-0.15, -0.1) is 0 Å². The number of rotatable bonds is 6. The second-order valence-electron chi connectivity index (χ2n) is 5.97. The maximum absolute atomic E-state index is 5.92. The van der Waals surface area contributed by atoms with Crippen molar-refractivity contribution in [1.82, 2.24) is 0 Å². The summed E-state index contributed by atoms with van der Waals surface area (Å²) < 4.78 is 5.66. The molecule has 106 valence electrons. The van der Waals surface area contributed by atoms with Crippen LogP contribution < -0.4 is 15.8 Å². The van der Waals surface area contributed by atoms with Gasteiger partial charge < -0.3 is 15.8 Å². The molecule has 0 spiro atoms. The van der Waals surface area contributed by atoms with Gasteiger partial charge in [-0.25, -0.2) is 0 Å². The summed E-state index contributed by atoms with van der Waals surface area (Å²) >= 11 is 0. The Morgan fingerprint density at radius 3 is 2.74 bits per heavy atom. The van der Waals surface area contributed by atoms with Crippen molar-refractivity contribution in [3.05, 3.63) is 18.2 Å². The number of ether oxygens (including phenoxy) is 1. The average molecular weight is 262 g/mol. The molecular weight excluding hydrogens is 236 g/mol. The van der Waals surface area contributed by atoms with E-state index in [4.69, 9.17) is 10.5 Å². The Balaban J connectivity index is 1.96. The van der Waals surface area contributed by atoms with E-state index in [-0.39, 0.29) is 0 Å². The van der Waals surface area contributed by atoms with Crippen molar-refractivity contribution in [1.29, 1.82) is 0 Å². The lowest BCUT2D eigenvalue weighted by atomic mass is 9.89. The Hall–Kier alpha value is -1.38. The molecule has 19 heavy (non-hydrogen) atoms. The number of nitrogen functional groups attached to an aromatic ring is 1. The predicted octanol–water partition coefficient (Wildman–Crippen LogP) is 4.05. The third-order valence-electron chi connectivity index (χ3n) is 4.01. The third-order valence-corrected chi connectivity index (χ3v) is 4.01. The number of anilines is 2. The molecule has 1 aromatic carbocycles. The minimum absolute atomic E-state index is 0.450. The first-order chi connectivity index (χ1) is 9.13. The van der Waals surface area contributed by atoms with Crippen LogP contribution in [0.2, 0.25) is 0 Å². The van der Waals surface area contributed by atoms with E-state index in [0.29, 0.717) is 17.7 Å². The summed E-state index contributed by atoms with van der Waals surface area (Å²) in [5, 5.41) is 3.54. The summed E-state index contributed by atoms with van der Waals surface area (Å²) in [4.78, 5) is 0. The lowest BCUT2D eigenvalue weighted by Crippen LogP contribution is -2.22. The monoisotopic (exact) mass is 262 g/mol. The van der Waals surface area contributed by atoms with E-state index in [2.05, 4.69) is 19.2 Å². The van der Waals surface area contributed by atoms with Crippen molar-refractivity contribution in [3.8, 4) is 5.75 Å². The lowest BCUT2D eigenvalue weighted by Gasteiger charge is -2.24. The Labute approximate surface area is 116 Å². The van der Waals surface area contributed by atoms with Gasteiger partial charge in [0.1, 0.15) is 5.75 Å². The van der Waals surface area contributed by atoms with E-state index < -0.39 is 0 Å². The van der Waals surface area contributed by atoms with E-state index in [9.17, 15) is 0 Å². The maximum atomic E-state index is 5.92. The zero-order valence-electron chi connectivity index (χ0n) is 12.2. The Kier molecular flexibility index (Phi) is 4.56. The summed E-state index contributed by atoms with van der Waals surface area (Å²) in [5.41, 5.74) is 8.19. The topological polar surface area (TPSA) is 47.3 Å². The van der Waals surface area contributed by atoms with Gasteiger partial charge in [0.15, 0.2) is 0 Å². The molecule has 0 unspecified atom stereocenters. The van der Waals surface area contributed by atoms with Crippen molar-refractivity contribution >= 4 is 11.4 Å². The Bertz CT molecular complexity index is 411. The van der Waals surface area contributed by atoms with E-state index in [1.807, 2.05) is 18.2 Å². The van der Waals surface area contributed by atoms with Crippen LogP contribution in [0.3, 0.4) is 0 Å². The highest BCUT2D eigenvalue weighted by molar-refractivity contribution is 5.61. The lowest BCUT2D eigenvalue weighted by molar-refractivity contribution is 0.319. The number of nitrogens with one attached hydrogen (secondary N) is 1. The van der Waals surface area contributed by atoms with Gasteiger partial charge in [-0.1, -0.05) is 26.7 Å². The fraction of sp³-hybridized carbons (Fsp3) is 0.625. The fourth-order valence-corrected chi connectivity index (χ4v) is 2.70. The molecule has 0 saturated heterocycles. The molecule has 0 bridgehead atoms. The number of nitrogens with two attached hydrogens (primary N) is 1. The van der Waals surface area contributed by atoms with Gasteiger partial charge in [0, 0.05) is 18.3 Å². The zero-order valence-corrected chi connectivity index (χ0v) is 12.2. The highest BCUT2D eigenvalue weighted by atomic mass is 16.5. The van der Waals surface area contributed by atoms with Crippen LogP contribution in [0.25, 0.3) is 0 Å². The molecule has 0 aliphatic heterocycles. The van der Waals surface area contributed by atoms with Crippen molar-refractivity contribution in [3.63, 3.8) is 0 Å². The largest absolute Gasteiger partial charge is 0.491 e. The molecule has 0 radical (unpaired) electrons. The third kappa shape index (κ3) is 3.79. The molecule has 2 rings (SSSR count). The minimum Gasteiger partial charge on any atom is -0.491 e. The second kappa shape index (κ2) is 6.18. The van der Waals surface area contributed by atoms with Gasteiger partial charge >= 0.3 is 0 Å². The van der Waals surface area contributed by atoms with Crippen molar-refractivity contribution in [2.24, 2.45) is 5.41 Å². The highest BCUT2D eigenvalue weighted by Crippen LogP contribution is 2.37. The van der Waals surface area contributed by atoms with E-state index >= 15 is 0 Å². The van der Waals surface area contributed by atoms with Crippen molar-refractivity contribution in [2.45, 2.75) is 46.0 Å². The number of hydrogen-bond donors (Lipinski definition) is 2. The van der Waals surface area contributed by atoms with Gasteiger partial charge in [0.25, 0.3) is 0 Å². The van der Waals surface area contributed by atoms with E-state index in [1.165, 1.54) is 25.7 Å². The van der Waals surface area contributed by atoms with Crippen LogP contribution in [0.15, 0.2) is 18.2 Å². The molecule has 1 aliphatic rings. The van der Waals surface area contributed by atoms with Crippen LogP contribution in [0, 0.1) is 5.41 Å². The number of hydrogen-bond acceptors (Lipinski definition) is 3. The maximum Gasteiger partial charge on any atom is 0.144 e. The Morgan fingerprint density at radius 1 is 1.32 bits per heavy atom. The van der Waals surface area contributed by atoms with E-state index in [0.717, 1.165) is 24.4 Å². The first-order valence-electron chi connectivity index (χ1n) is 7.39. The molecule has 0 heterocycles.